The average Bonchev–Trinajstić information content (AvgIpc) is 3.10. The number of benzene rings is 1. The van der Waals surface area contributed by atoms with Crippen molar-refractivity contribution >= 4 is 17.5 Å². The zero-order valence-corrected chi connectivity index (χ0v) is 17.1. The molecule has 0 radical (unpaired) electrons. The summed E-state index contributed by atoms with van der Waals surface area (Å²) in [5.41, 5.74) is 3.28. The highest BCUT2D eigenvalue weighted by Gasteiger charge is 2.17. The number of hydrogen-bond acceptors (Lipinski definition) is 5. The van der Waals surface area contributed by atoms with E-state index in [9.17, 15) is 4.79 Å². The number of aromatic amines is 1. The molecule has 152 valence electrons. The molecule has 3 rings (SSSR count). The zero-order chi connectivity index (χ0) is 19.9. The molecule has 0 fully saturated rings. The van der Waals surface area contributed by atoms with Gasteiger partial charge in [-0.25, -0.2) is 0 Å². The lowest BCUT2D eigenvalue weighted by Gasteiger charge is -2.20. The van der Waals surface area contributed by atoms with Crippen molar-refractivity contribution in [2.24, 2.45) is 5.92 Å². The van der Waals surface area contributed by atoms with Crippen LogP contribution in [0.5, 0.6) is 11.5 Å². The normalized spacial score (nSPS) is 14.0. The van der Waals surface area contributed by atoms with E-state index in [1.165, 1.54) is 5.56 Å². The molecule has 1 amide bonds. The molecule has 0 saturated carbocycles. The fourth-order valence-corrected chi connectivity index (χ4v) is 3.37. The Morgan fingerprint density at radius 2 is 2.18 bits per heavy atom. The Kier molecular flexibility index (Phi) is 7.17. The van der Waals surface area contributed by atoms with Crippen molar-refractivity contribution in [3.8, 4) is 11.5 Å². The number of nitrogens with zero attached hydrogens (tertiary/aromatic N) is 1. The molecule has 0 saturated heterocycles. The molecular weight excluding hydrogens is 380 g/mol. The maximum atomic E-state index is 12.2. The first-order chi connectivity index (χ1) is 13.5. The Morgan fingerprint density at radius 1 is 1.36 bits per heavy atom. The van der Waals surface area contributed by atoms with Gasteiger partial charge in [-0.15, -0.1) is 0 Å². The summed E-state index contributed by atoms with van der Waals surface area (Å²) in [6, 6.07) is 3.79. The fraction of sp³-hybridized carbons (Fsp3) is 0.500. The predicted molar refractivity (Wildman–Crippen MR) is 108 cm³/mol. The zero-order valence-electron chi connectivity index (χ0n) is 16.3. The van der Waals surface area contributed by atoms with E-state index < -0.39 is 0 Å². The lowest BCUT2D eigenvalue weighted by Crippen LogP contribution is -2.35. The van der Waals surface area contributed by atoms with Crippen molar-refractivity contribution in [1.82, 2.24) is 20.8 Å². The number of ether oxygens (including phenoxy) is 2. The molecule has 2 heterocycles. The molecule has 0 bridgehead atoms. The number of nitrogens with one attached hydrogen (secondary N) is 3. The van der Waals surface area contributed by atoms with E-state index in [1.54, 1.807) is 0 Å². The minimum atomic E-state index is -0.122. The molecule has 0 aliphatic carbocycles. The summed E-state index contributed by atoms with van der Waals surface area (Å²) in [5, 5.41) is 13.8. The van der Waals surface area contributed by atoms with Crippen LogP contribution in [0, 0.1) is 12.8 Å². The van der Waals surface area contributed by atoms with Gasteiger partial charge in [-0.2, -0.15) is 5.10 Å². The summed E-state index contributed by atoms with van der Waals surface area (Å²) >= 11 is 6.25. The summed E-state index contributed by atoms with van der Waals surface area (Å²) < 4.78 is 11.1. The van der Waals surface area contributed by atoms with E-state index in [1.807, 2.05) is 32.2 Å². The molecule has 1 aromatic carbocycles. The molecule has 1 aromatic heterocycles. The lowest BCUT2D eigenvalue weighted by atomic mass is 10.1. The minimum Gasteiger partial charge on any atom is -0.486 e. The molecule has 1 aliphatic heterocycles. The van der Waals surface area contributed by atoms with Crippen molar-refractivity contribution in [3.05, 3.63) is 40.2 Å². The Bertz CT molecular complexity index is 809. The van der Waals surface area contributed by atoms with Crippen LogP contribution in [0.3, 0.4) is 0 Å². The van der Waals surface area contributed by atoms with Crippen LogP contribution in [0.1, 0.15) is 30.2 Å². The number of carbonyl (C=O) groups excluding carboxylic acids is 1. The Balaban J connectivity index is 1.36. The summed E-state index contributed by atoms with van der Waals surface area (Å²) in [7, 11) is 0. The predicted octanol–water partition coefficient (Wildman–Crippen LogP) is 2.62. The van der Waals surface area contributed by atoms with E-state index in [-0.39, 0.29) is 11.8 Å². The Labute approximate surface area is 170 Å². The minimum absolute atomic E-state index is 0.0524. The molecule has 28 heavy (non-hydrogen) atoms. The van der Waals surface area contributed by atoms with Crippen molar-refractivity contribution < 1.29 is 14.3 Å². The highest BCUT2D eigenvalue weighted by Crippen LogP contribution is 2.38. The average molecular weight is 407 g/mol. The van der Waals surface area contributed by atoms with Gasteiger partial charge in [-0.05, 0) is 43.0 Å². The monoisotopic (exact) mass is 406 g/mol. The topological polar surface area (TPSA) is 88.3 Å². The van der Waals surface area contributed by atoms with Crippen molar-refractivity contribution in [2.45, 2.75) is 33.2 Å². The second kappa shape index (κ2) is 9.80. The van der Waals surface area contributed by atoms with Gasteiger partial charge in [0.05, 0.1) is 11.2 Å². The van der Waals surface area contributed by atoms with Gasteiger partial charge >= 0.3 is 0 Å². The van der Waals surface area contributed by atoms with E-state index in [0.717, 1.165) is 24.1 Å². The highest BCUT2D eigenvalue weighted by atomic mass is 35.5. The summed E-state index contributed by atoms with van der Waals surface area (Å²) in [4.78, 5) is 12.2. The van der Waals surface area contributed by atoms with Gasteiger partial charge < -0.3 is 20.1 Å². The summed E-state index contributed by atoms with van der Waals surface area (Å²) in [6.45, 7) is 6.80. The first-order valence-corrected chi connectivity index (χ1v) is 9.97. The van der Waals surface area contributed by atoms with Crippen LogP contribution in [0.15, 0.2) is 18.3 Å². The second-order valence-electron chi connectivity index (χ2n) is 7.05. The number of H-pyrrole nitrogens is 1. The molecule has 3 N–H and O–H groups in total. The lowest BCUT2D eigenvalue weighted by molar-refractivity contribution is -0.124. The number of aryl methyl sites for hydroxylation is 2. The second-order valence-corrected chi connectivity index (χ2v) is 7.46. The van der Waals surface area contributed by atoms with E-state index >= 15 is 0 Å². The summed E-state index contributed by atoms with van der Waals surface area (Å²) in [5.74, 6) is 1.21. The summed E-state index contributed by atoms with van der Waals surface area (Å²) in [6.07, 6.45) is 3.63. The molecule has 0 spiro atoms. The number of fused-ring (bicyclic) bond motifs is 1. The highest BCUT2D eigenvalue weighted by molar-refractivity contribution is 6.32. The van der Waals surface area contributed by atoms with E-state index in [2.05, 4.69) is 20.8 Å². The third-order valence-electron chi connectivity index (χ3n) is 4.74. The fourth-order valence-electron chi connectivity index (χ4n) is 3.08. The van der Waals surface area contributed by atoms with Crippen LogP contribution in [0.4, 0.5) is 0 Å². The molecule has 1 atom stereocenters. The Morgan fingerprint density at radius 3 is 2.96 bits per heavy atom. The standard InChI is InChI=1S/C20H27ClN4O3/c1-13(20(26)23-5-3-4-16-12-24-25-14(16)2)10-22-11-15-8-17(21)19-18(9-15)27-6-7-28-19/h8-9,12-13,22H,3-7,10-11H2,1-2H3,(H,23,26)(H,24,25)/t13-/m1/s1. The largest absolute Gasteiger partial charge is 0.486 e. The van der Waals surface area contributed by atoms with Crippen LogP contribution in [-0.4, -0.2) is 42.4 Å². The first-order valence-electron chi connectivity index (χ1n) is 9.60. The molecular formula is C20H27ClN4O3. The van der Waals surface area contributed by atoms with Crippen LogP contribution < -0.4 is 20.1 Å². The number of aromatic nitrogens is 2. The van der Waals surface area contributed by atoms with Gasteiger partial charge in [0.2, 0.25) is 5.91 Å². The third-order valence-corrected chi connectivity index (χ3v) is 5.02. The number of amides is 1. The van der Waals surface area contributed by atoms with Crippen molar-refractivity contribution in [1.29, 1.82) is 0 Å². The van der Waals surface area contributed by atoms with Crippen LogP contribution in [-0.2, 0) is 17.8 Å². The quantitative estimate of drug-likeness (QED) is 0.557. The van der Waals surface area contributed by atoms with Crippen LogP contribution in [0.2, 0.25) is 5.02 Å². The number of halogens is 1. The van der Waals surface area contributed by atoms with Crippen molar-refractivity contribution in [2.75, 3.05) is 26.3 Å². The smallest absolute Gasteiger partial charge is 0.224 e. The van der Waals surface area contributed by atoms with Gasteiger partial charge in [0.25, 0.3) is 0 Å². The van der Waals surface area contributed by atoms with Gasteiger partial charge in [0.15, 0.2) is 11.5 Å². The third kappa shape index (κ3) is 5.39. The molecule has 2 aromatic rings. The number of carbonyl (C=O) groups is 1. The first kappa shape index (κ1) is 20.5. The maximum Gasteiger partial charge on any atom is 0.224 e. The molecule has 8 heteroatoms. The van der Waals surface area contributed by atoms with Gasteiger partial charge in [0.1, 0.15) is 13.2 Å². The Hall–Kier alpha value is -2.25. The van der Waals surface area contributed by atoms with Crippen molar-refractivity contribution in [3.63, 3.8) is 0 Å². The van der Waals surface area contributed by atoms with Gasteiger partial charge in [-0.1, -0.05) is 18.5 Å². The van der Waals surface area contributed by atoms with Gasteiger partial charge in [0, 0.05) is 31.2 Å². The molecule has 0 unspecified atom stereocenters. The van der Waals surface area contributed by atoms with Crippen LogP contribution in [0.25, 0.3) is 0 Å². The van der Waals surface area contributed by atoms with Gasteiger partial charge in [-0.3, -0.25) is 9.89 Å². The van der Waals surface area contributed by atoms with Crippen LogP contribution >= 0.6 is 11.6 Å². The number of rotatable bonds is 9. The maximum absolute atomic E-state index is 12.2. The molecule has 1 aliphatic rings. The van der Waals surface area contributed by atoms with E-state index in [4.69, 9.17) is 21.1 Å². The number of hydrogen-bond donors (Lipinski definition) is 3. The SMILES string of the molecule is Cc1[nH]ncc1CCCNC(=O)[C@H](C)CNCc1cc(Cl)c2c(c1)OCCO2. The molecule has 7 nitrogen and oxygen atoms in total. The van der Waals surface area contributed by atoms with E-state index in [0.29, 0.717) is 49.4 Å².